The zero-order chi connectivity index (χ0) is 23.7. The molecule has 0 aromatic carbocycles. The van der Waals surface area contributed by atoms with Gasteiger partial charge in [-0.05, 0) is 56.4 Å². The predicted octanol–water partition coefficient (Wildman–Crippen LogP) is 6.74. The van der Waals surface area contributed by atoms with Crippen LogP contribution in [0.15, 0.2) is 39.9 Å². The van der Waals surface area contributed by atoms with Crippen LogP contribution in [-0.4, -0.2) is 46.7 Å². The quantitative estimate of drug-likeness (QED) is 0.309. The Kier molecular flexibility index (Phi) is 10.9. The van der Waals surface area contributed by atoms with E-state index in [1.165, 1.54) is 6.92 Å². The summed E-state index contributed by atoms with van der Waals surface area (Å²) in [7, 11) is 0. The molecule has 2 heterocycles. The van der Waals surface area contributed by atoms with Crippen LogP contribution in [0.2, 0.25) is 0 Å². The molecule has 0 aliphatic carbocycles. The van der Waals surface area contributed by atoms with Crippen LogP contribution in [0, 0.1) is 17.2 Å². The molecule has 4 nitrogen and oxygen atoms in total. The standard InChI is InChI=1S/C26H40FN3OS/c1-6-10-21(31)14-20-15-24-22(23(28)12-9-11-19(5)27)16-29-26(30(24)17-20)25(18(4)8-3)32-13-7-2/h7,9,12-13,18-20,25,28H,6,8,10-11,14-17H2,1-5H3/b12-9-,13-7-,28-23?. The summed E-state index contributed by atoms with van der Waals surface area (Å²) in [4.78, 5) is 19.7. The molecule has 0 amide bonds. The van der Waals surface area contributed by atoms with Gasteiger partial charge in [-0.2, -0.15) is 0 Å². The molecule has 1 saturated heterocycles. The third kappa shape index (κ3) is 7.16. The second kappa shape index (κ2) is 13.1. The van der Waals surface area contributed by atoms with Crippen LogP contribution in [0.3, 0.4) is 0 Å². The van der Waals surface area contributed by atoms with Gasteiger partial charge in [-0.1, -0.05) is 39.3 Å². The topological polar surface area (TPSA) is 56.5 Å². The molecule has 2 rings (SSSR count). The number of allylic oxidation sites excluding steroid dienone is 4. The first-order chi connectivity index (χ1) is 15.3. The molecule has 0 spiro atoms. The van der Waals surface area contributed by atoms with Crippen molar-refractivity contribution in [2.75, 3.05) is 13.1 Å². The van der Waals surface area contributed by atoms with Gasteiger partial charge in [-0.3, -0.25) is 9.79 Å². The molecule has 178 valence electrons. The number of nitrogens with one attached hydrogen (secondary N) is 1. The van der Waals surface area contributed by atoms with Crippen LogP contribution < -0.4 is 0 Å². The highest BCUT2D eigenvalue weighted by Crippen LogP contribution is 2.38. The lowest BCUT2D eigenvalue weighted by atomic mass is 9.96. The molecule has 0 aromatic rings. The van der Waals surface area contributed by atoms with E-state index in [1.807, 2.05) is 25.6 Å². The van der Waals surface area contributed by atoms with Gasteiger partial charge in [0.1, 0.15) is 17.8 Å². The lowest BCUT2D eigenvalue weighted by molar-refractivity contribution is -0.119. The molecule has 4 atom stereocenters. The van der Waals surface area contributed by atoms with E-state index < -0.39 is 6.17 Å². The molecule has 2 aliphatic heterocycles. The Bertz CT molecular complexity index is 784. The fourth-order valence-corrected chi connectivity index (χ4v) is 5.41. The number of hydrogen-bond acceptors (Lipinski definition) is 5. The first kappa shape index (κ1) is 26.6. The summed E-state index contributed by atoms with van der Waals surface area (Å²) in [6.45, 7) is 11.3. The number of aliphatic imine (C=N–C) groups is 1. The molecule has 1 N–H and O–H groups in total. The molecular weight excluding hydrogens is 421 g/mol. The van der Waals surface area contributed by atoms with E-state index in [-0.39, 0.29) is 11.2 Å². The average molecular weight is 462 g/mol. The molecule has 1 fully saturated rings. The van der Waals surface area contributed by atoms with Gasteiger partial charge in [-0.25, -0.2) is 4.39 Å². The number of fused-ring (bicyclic) bond motifs is 1. The third-order valence-corrected chi connectivity index (χ3v) is 7.56. The van der Waals surface area contributed by atoms with E-state index in [1.54, 1.807) is 12.2 Å². The van der Waals surface area contributed by atoms with Crippen LogP contribution >= 0.6 is 11.8 Å². The van der Waals surface area contributed by atoms with Gasteiger partial charge in [0.05, 0.1) is 17.5 Å². The van der Waals surface area contributed by atoms with E-state index in [0.29, 0.717) is 43.2 Å². The van der Waals surface area contributed by atoms with E-state index in [0.717, 1.165) is 42.9 Å². The monoisotopic (exact) mass is 461 g/mol. The molecule has 0 radical (unpaired) electrons. The van der Waals surface area contributed by atoms with Gasteiger partial charge >= 0.3 is 0 Å². The average Bonchev–Trinajstić information content (AvgIpc) is 3.16. The first-order valence-electron chi connectivity index (χ1n) is 12.0. The molecule has 32 heavy (non-hydrogen) atoms. The molecule has 2 aliphatic rings. The number of halogens is 1. The fraction of sp³-hybridized carbons (Fsp3) is 0.654. The number of Topliss-reactive ketones (excluding diaryl/α,β-unsaturated/α-hetero) is 1. The van der Waals surface area contributed by atoms with Crippen LogP contribution in [0.25, 0.3) is 0 Å². The van der Waals surface area contributed by atoms with Gasteiger partial charge in [0, 0.05) is 30.7 Å². The maximum atomic E-state index is 13.2. The minimum absolute atomic E-state index is 0.245. The Morgan fingerprint density at radius 2 is 2.12 bits per heavy atom. The van der Waals surface area contributed by atoms with Crippen molar-refractivity contribution in [3.05, 3.63) is 34.9 Å². The SMILES string of the molecule is C/C=C\SC(C1=NCC(C(=N)/C=C\CC(C)F)=C2CC(CC(=O)CCC)CN12)C(C)CC. The van der Waals surface area contributed by atoms with Crippen LogP contribution in [0.5, 0.6) is 0 Å². The van der Waals surface area contributed by atoms with Crippen molar-refractivity contribution in [3.8, 4) is 0 Å². The smallest absolute Gasteiger partial charge is 0.133 e. The minimum Gasteiger partial charge on any atom is -0.332 e. The minimum atomic E-state index is -0.912. The summed E-state index contributed by atoms with van der Waals surface area (Å²) in [6, 6.07) is 0. The van der Waals surface area contributed by atoms with Gasteiger partial charge in [-0.15, -0.1) is 11.8 Å². The van der Waals surface area contributed by atoms with E-state index in [2.05, 4.69) is 30.2 Å². The zero-order valence-electron chi connectivity index (χ0n) is 20.4. The van der Waals surface area contributed by atoms with Crippen LogP contribution in [0.4, 0.5) is 4.39 Å². The summed E-state index contributed by atoms with van der Waals surface area (Å²) in [6.07, 6.45) is 8.90. The number of nitrogens with zero attached hydrogens (tertiary/aromatic N) is 2. The lowest BCUT2D eigenvalue weighted by Gasteiger charge is -2.35. The van der Waals surface area contributed by atoms with Crippen molar-refractivity contribution in [2.24, 2.45) is 16.8 Å². The highest BCUT2D eigenvalue weighted by atomic mass is 32.2. The van der Waals surface area contributed by atoms with Gasteiger partial charge < -0.3 is 10.3 Å². The maximum Gasteiger partial charge on any atom is 0.133 e. The normalized spacial score (nSPS) is 21.8. The van der Waals surface area contributed by atoms with Crippen molar-refractivity contribution in [3.63, 3.8) is 0 Å². The second-order valence-electron chi connectivity index (χ2n) is 9.02. The van der Waals surface area contributed by atoms with E-state index in [9.17, 15) is 9.18 Å². The molecule has 0 aromatic heterocycles. The summed E-state index contributed by atoms with van der Waals surface area (Å²) < 4.78 is 13.2. The number of rotatable bonds is 13. The van der Waals surface area contributed by atoms with Crippen molar-refractivity contribution < 1.29 is 9.18 Å². The number of hydrogen-bond donors (Lipinski definition) is 1. The number of ketones is 1. The molecular formula is C26H40FN3OS. The number of alkyl halides is 1. The van der Waals surface area contributed by atoms with Gasteiger partial charge in [0.25, 0.3) is 0 Å². The van der Waals surface area contributed by atoms with E-state index >= 15 is 0 Å². The Morgan fingerprint density at radius 1 is 1.38 bits per heavy atom. The Morgan fingerprint density at radius 3 is 2.75 bits per heavy atom. The Hall–Kier alpha value is -1.69. The first-order valence-corrected chi connectivity index (χ1v) is 13.0. The van der Waals surface area contributed by atoms with Crippen molar-refractivity contribution >= 4 is 29.1 Å². The molecule has 4 unspecified atom stereocenters. The van der Waals surface area contributed by atoms with Gasteiger partial charge in [0.15, 0.2) is 0 Å². The third-order valence-electron chi connectivity index (χ3n) is 6.16. The zero-order valence-corrected chi connectivity index (χ0v) is 21.2. The number of thioether (sulfide) groups is 1. The predicted molar refractivity (Wildman–Crippen MR) is 136 cm³/mol. The van der Waals surface area contributed by atoms with Crippen molar-refractivity contribution in [1.29, 1.82) is 5.41 Å². The Balaban J connectivity index is 2.34. The van der Waals surface area contributed by atoms with Crippen molar-refractivity contribution in [1.82, 2.24) is 4.90 Å². The summed E-state index contributed by atoms with van der Waals surface area (Å²) in [5.74, 6) is 2.13. The second-order valence-corrected chi connectivity index (χ2v) is 10.1. The molecule has 0 saturated carbocycles. The Labute approximate surface area is 198 Å². The van der Waals surface area contributed by atoms with E-state index in [4.69, 9.17) is 10.4 Å². The maximum absolute atomic E-state index is 13.2. The highest BCUT2D eigenvalue weighted by Gasteiger charge is 2.39. The number of amidine groups is 1. The van der Waals surface area contributed by atoms with Crippen molar-refractivity contribution in [2.45, 2.75) is 84.6 Å². The fourth-order valence-electron chi connectivity index (χ4n) is 4.30. The van der Waals surface area contributed by atoms with Crippen LogP contribution in [-0.2, 0) is 4.79 Å². The largest absolute Gasteiger partial charge is 0.332 e. The van der Waals surface area contributed by atoms with Crippen LogP contribution in [0.1, 0.15) is 73.1 Å². The summed E-state index contributed by atoms with van der Waals surface area (Å²) in [5.41, 5.74) is 2.47. The molecule has 0 bridgehead atoms. The number of carbonyl (C=O) groups excluding carboxylic acids is 1. The molecule has 6 heteroatoms. The lowest BCUT2D eigenvalue weighted by Crippen LogP contribution is -2.41. The highest BCUT2D eigenvalue weighted by molar-refractivity contribution is 8.03. The number of carbonyl (C=O) groups is 1. The summed E-state index contributed by atoms with van der Waals surface area (Å²) in [5, 5.41) is 11.0. The van der Waals surface area contributed by atoms with Gasteiger partial charge in [0.2, 0.25) is 0 Å². The summed E-state index contributed by atoms with van der Waals surface area (Å²) >= 11 is 1.81.